The molecule has 6 nitrogen and oxygen atoms in total. The van der Waals surface area contributed by atoms with E-state index in [0.29, 0.717) is 27.8 Å². The molecule has 24 heavy (non-hydrogen) atoms. The Labute approximate surface area is 148 Å². The number of thiophene rings is 1. The van der Waals surface area contributed by atoms with E-state index in [1.165, 1.54) is 16.0 Å². The van der Waals surface area contributed by atoms with Gasteiger partial charge in [-0.25, -0.2) is 4.98 Å². The Balaban J connectivity index is 2.03. The number of rotatable bonds is 4. The van der Waals surface area contributed by atoms with Gasteiger partial charge in [-0.3, -0.25) is 9.48 Å². The zero-order valence-electron chi connectivity index (χ0n) is 13.9. The van der Waals surface area contributed by atoms with Crippen molar-refractivity contribution in [3.63, 3.8) is 0 Å². The van der Waals surface area contributed by atoms with Crippen LogP contribution in [0.25, 0.3) is 10.2 Å². The average molecular weight is 364 g/mol. The minimum absolute atomic E-state index is 0.182. The van der Waals surface area contributed by atoms with E-state index in [1.807, 2.05) is 12.3 Å². The third-order valence-electron chi connectivity index (χ3n) is 3.59. The number of hydrogen-bond acceptors (Lipinski definition) is 5. The van der Waals surface area contributed by atoms with Crippen LogP contribution in [0.15, 0.2) is 21.3 Å². The second-order valence-electron chi connectivity index (χ2n) is 6.03. The van der Waals surface area contributed by atoms with Crippen LogP contribution in [-0.4, -0.2) is 25.7 Å². The molecule has 0 aliphatic rings. The average Bonchev–Trinajstić information content (AvgIpc) is 3.06. The quantitative estimate of drug-likeness (QED) is 0.667. The third kappa shape index (κ3) is 3.01. The molecule has 0 aliphatic heterocycles. The standard InChI is InChI=1S/C16H18ClN5OS/c1-9(2)8-21-14(17)13(10(3)20-21)7-18-22-11(4)19-15-12(16(22)23)5-6-24-15/h5-7,9H,8H2,1-4H3/b18-7-. The van der Waals surface area contributed by atoms with Crippen molar-refractivity contribution in [2.45, 2.75) is 34.2 Å². The summed E-state index contributed by atoms with van der Waals surface area (Å²) in [6, 6.07) is 1.76. The lowest BCUT2D eigenvalue weighted by molar-refractivity contribution is 0.482. The Bertz CT molecular complexity index is 982. The summed E-state index contributed by atoms with van der Waals surface area (Å²) in [5.74, 6) is 0.969. The van der Waals surface area contributed by atoms with E-state index < -0.39 is 0 Å². The molecular weight excluding hydrogens is 346 g/mol. The Morgan fingerprint density at radius 3 is 2.88 bits per heavy atom. The molecule has 0 fully saturated rings. The van der Waals surface area contributed by atoms with Crippen LogP contribution in [-0.2, 0) is 6.54 Å². The molecule has 8 heteroatoms. The Morgan fingerprint density at radius 1 is 1.42 bits per heavy atom. The molecule has 0 unspecified atom stereocenters. The van der Waals surface area contributed by atoms with Gasteiger partial charge in [0.15, 0.2) is 0 Å². The van der Waals surface area contributed by atoms with Gasteiger partial charge in [0, 0.05) is 6.54 Å². The number of aromatic nitrogens is 4. The number of hydrogen-bond donors (Lipinski definition) is 0. The molecule has 0 radical (unpaired) electrons. The molecule has 0 saturated heterocycles. The van der Waals surface area contributed by atoms with Crippen LogP contribution < -0.4 is 5.56 Å². The molecule has 3 aromatic rings. The highest BCUT2D eigenvalue weighted by molar-refractivity contribution is 7.16. The predicted octanol–water partition coefficient (Wildman–Crippen LogP) is 3.46. The van der Waals surface area contributed by atoms with Gasteiger partial charge in [0.1, 0.15) is 15.8 Å². The van der Waals surface area contributed by atoms with E-state index in [2.05, 4.69) is 29.0 Å². The molecule has 3 aromatic heterocycles. The summed E-state index contributed by atoms with van der Waals surface area (Å²) in [6.45, 7) is 8.57. The molecule has 0 bridgehead atoms. The maximum absolute atomic E-state index is 12.5. The monoisotopic (exact) mass is 363 g/mol. The van der Waals surface area contributed by atoms with Gasteiger partial charge >= 0.3 is 0 Å². The first-order valence-electron chi connectivity index (χ1n) is 7.62. The number of fused-ring (bicyclic) bond motifs is 1. The summed E-state index contributed by atoms with van der Waals surface area (Å²) in [4.78, 5) is 17.7. The molecule has 0 N–H and O–H groups in total. The Hall–Kier alpha value is -1.99. The minimum Gasteiger partial charge on any atom is -0.267 e. The Morgan fingerprint density at radius 2 is 2.17 bits per heavy atom. The van der Waals surface area contributed by atoms with Crippen LogP contribution in [0.1, 0.15) is 30.9 Å². The molecule has 0 spiro atoms. The highest BCUT2D eigenvalue weighted by Gasteiger charge is 2.13. The molecule has 3 heterocycles. The van der Waals surface area contributed by atoms with Crippen molar-refractivity contribution >= 4 is 39.4 Å². The van der Waals surface area contributed by atoms with Crippen LogP contribution in [0.3, 0.4) is 0 Å². The topological polar surface area (TPSA) is 65.1 Å². The largest absolute Gasteiger partial charge is 0.282 e. The third-order valence-corrected chi connectivity index (χ3v) is 4.79. The van der Waals surface area contributed by atoms with Crippen LogP contribution in [0, 0.1) is 19.8 Å². The summed E-state index contributed by atoms with van der Waals surface area (Å²) in [5, 5.41) is 11.7. The van der Waals surface area contributed by atoms with Crippen LogP contribution in [0.5, 0.6) is 0 Å². The van der Waals surface area contributed by atoms with Crippen molar-refractivity contribution < 1.29 is 0 Å². The van der Waals surface area contributed by atoms with E-state index in [-0.39, 0.29) is 5.56 Å². The molecule has 3 rings (SSSR count). The molecule has 0 saturated carbocycles. The number of aryl methyl sites for hydroxylation is 2. The predicted molar refractivity (Wildman–Crippen MR) is 98.4 cm³/mol. The zero-order chi connectivity index (χ0) is 17.4. The SMILES string of the molecule is Cc1nn(CC(C)C)c(Cl)c1/C=N\n1c(C)nc2sccc2c1=O. The first kappa shape index (κ1) is 16.9. The summed E-state index contributed by atoms with van der Waals surface area (Å²) < 4.78 is 3.06. The van der Waals surface area contributed by atoms with E-state index in [1.54, 1.807) is 23.9 Å². The summed E-state index contributed by atoms with van der Waals surface area (Å²) in [7, 11) is 0. The lowest BCUT2D eigenvalue weighted by Crippen LogP contribution is -2.19. The van der Waals surface area contributed by atoms with Crippen molar-refractivity contribution in [3.05, 3.63) is 44.0 Å². The molecule has 0 aliphatic carbocycles. The first-order valence-corrected chi connectivity index (χ1v) is 8.88. The fraction of sp³-hybridized carbons (Fsp3) is 0.375. The highest BCUT2D eigenvalue weighted by Crippen LogP contribution is 2.19. The zero-order valence-corrected chi connectivity index (χ0v) is 15.5. The Kier molecular flexibility index (Phi) is 4.56. The minimum atomic E-state index is -0.182. The van der Waals surface area contributed by atoms with Crippen molar-refractivity contribution in [2.24, 2.45) is 11.0 Å². The lowest BCUT2D eigenvalue weighted by atomic mass is 10.2. The number of halogens is 1. The van der Waals surface area contributed by atoms with Gasteiger partial charge in [-0.1, -0.05) is 25.4 Å². The summed E-state index contributed by atoms with van der Waals surface area (Å²) in [5.41, 5.74) is 1.31. The van der Waals surface area contributed by atoms with Gasteiger partial charge in [-0.2, -0.15) is 14.9 Å². The molecule has 0 amide bonds. The van der Waals surface area contributed by atoms with Crippen LogP contribution in [0.4, 0.5) is 0 Å². The highest BCUT2D eigenvalue weighted by atomic mass is 35.5. The number of nitrogens with zero attached hydrogens (tertiary/aromatic N) is 5. The van der Waals surface area contributed by atoms with Gasteiger partial charge in [0.2, 0.25) is 0 Å². The maximum Gasteiger partial charge on any atom is 0.282 e. The van der Waals surface area contributed by atoms with Gasteiger partial charge in [-0.15, -0.1) is 11.3 Å². The first-order chi connectivity index (χ1) is 11.4. The van der Waals surface area contributed by atoms with Crippen LogP contribution in [0.2, 0.25) is 5.15 Å². The van der Waals surface area contributed by atoms with E-state index >= 15 is 0 Å². The maximum atomic E-state index is 12.5. The second-order valence-corrected chi connectivity index (χ2v) is 7.28. The van der Waals surface area contributed by atoms with Crippen molar-refractivity contribution in [3.8, 4) is 0 Å². The van der Waals surface area contributed by atoms with Crippen molar-refractivity contribution in [1.29, 1.82) is 0 Å². The van der Waals surface area contributed by atoms with Gasteiger partial charge in [0.25, 0.3) is 5.56 Å². The normalized spacial score (nSPS) is 12.1. The fourth-order valence-electron chi connectivity index (χ4n) is 2.44. The van der Waals surface area contributed by atoms with Crippen molar-refractivity contribution in [1.82, 2.24) is 19.4 Å². The van der Waals surface area contributed by atoms with Crippen LogP contribution >= 0.6 is 22.9 Å². The second kappa shape index (κ2) is 6.49. The van der Waals surface area contributed by atoms with E-state index in [9.17, 15) is 4.79 Å². The molecule has 0 atom stereocenters. The smallest absolute Gasteiger partial charge is 0.267 e. The van der Waals surface area contributed by atoms with Gasteiger partial charge in [0.05, 0.1) is 22.9 Å². The fourth-order valence-corrected chi connectivity index (χ4v) is 3.53. The van der Waals surface area contributed by atoms with Gasteiger partial charge < -0.3 is 0 Å². The lowest BCUT2D eigenvalue weighted by Gasteiger charge is -2.05. The van der Waals surface area contributed by atoms with Gasteiger partial charge in [-0.05, 0) is 31.2 Å². The molecular formula is C16H18ClN5OS. The van der Waals surface area contributed by atoms with E-state index in [4.69, 9.17) is 11.6 Å². The van der Waals surface area contributed by atoms with E-state index in [0.717, 1.165) is 17.1 Å². The molecule has 0 aromatic carbocycles. The molecule has 126 valence electrons. The van der Waals surface area contributed by atoms with Crippen molar-refractivity contribution in [2.75, 3.05) is 0 Å². The summed E-state index contributed by atoms with van der Waals surface area (Å²) >= 11 is 7.85. The summed E-state index contributed by atoms with van der Waals surface area (Å²) in [6.07, 6.45) is 1.58.